The van der Waals surface area contributed by atoms with Crippen molar-refractivity contribution in [2.75, 3.05) is 5.32 Å². The first-order chi connectivity index (χ1) is 8.97. The number of pyridine rings is 1. The number of carboxylic acids is 1. The van der Waals surface area contributed by atoms with Crippen LogP contribution in [0.1, 0.15) is 15.9 Å². The number of aromatic nitrogens is 1. The minimum atomic E-state index is -1.04. The second kappa shape index (κ2) is 5.59. The minimum Gasteiger partial charge on any atom is -0.478 e. The first-order valence-corrected chi connectivity index (χ1v) is 6.57. The molecular formula is C13H10BrClN2O2. The van der Waals surface area contributed by atoms with E-state index in [4.69, 9.17) is 16.7 Å². The van der Waals surface area contributed by atoms with E-state index in [0.717, 1.165) is 15.7 Å². The second-order valence-corrected chi connectivity index (χ2v) is 5.15. The Balaban J connectivity index is 2.38. The molecule has 0 radical (unpaired) electrons. The summed E-state index contributed by atoms with van der Waals surface area (Å²) >= 11 is 9.24. The van der Waals surface area contributed by atoms with Crippen molar-refractivity contribution in [1.29, 1.82) is 0 Å². The van der Waals surface area contributed by atoms with Crippen molar-refractivity contribution < 1.29 is 9.90 Å². The van der Waals surface area contributed by atoms with E-state index in [-0.39, 0.29) is 10.7 Å². The lowest BCUT2D eigenvalue weighted by Crippen LogP contribution is -2.01. The average Bonchev–Trinajstić information content (AvgIpc) is 2.34. The Morgan fingerprint density at radius 2 is 2.16 bits per heavy atom. The third-order valence-electron chi connectivity index (χ3n) is 2.57. The van der Waals surface area contributed by atoms with E-state index in [2.05, 4.69) is 26.2 Å². The molecule has 2 aromatic rings. The maximum atomic E-state index is 11.0. The van der Waals surface area contributed by atoms with Crippen LogP contribution in [0, 0.1) is 6.92 Å². The molecule has 98 valence electrons. The molecule has 6 heteroatoms. The van der Waals surface area contributed by atoms with Crippen LogP contribution in [0.2, 0.25) is 5.15 Å². The van der Waals surface area contributed by atoms with Crippen LogP contribution in [-0.4, -0.2) is 16.1 Å². The summed E-state index contributed by atoms with van der Waals surface area (Å²) in [5.41, 5.74) is 1.93. The third-order valence-corrected chi connectivity index (χ3v) is 3.62. The van der Waals surface area contributed by atoms with E-state index >= 15 is 0 Å². The van der Waals surface area contributed by atoms with Crippen LogP contribution < -0.4 is 5.32 Å². The number of carbonyl (C=O) groups is 1. The van der Waals surface area contributed by atoms with Crippen LogP contribution in [0.25, 0.3) is 0 Å². The first-order valence-electron chi connectivity index (χ1n) is 5.40. The van der Waals surface area contributed by atoms with Crippen molar-refractivity contribution in [2.45, 2.75) is 6.92 Å². The molecule has 0 fully saturated rings. The summed E-state index contributed by atoms with van der Waals surface area (Å²) in [5.74, 6) is -0.649. The smallest absolute Gasteiger partial charge is 0.335 e. The van der Waals surface area contributed by atoms with Crippen LogP contribution in [0.4, 0.5) is 11.5 Å². The number of hydrogen-bond acceptors (Lipinski definition) is 3. The summed E-state index contributed by atoms with van der Waals surface area (Å²) in [4.78, 5) is 15.0. The molecule has 0 amide bonds. The molecule has 1 aromatic carbocycles. The van der Waals surface area contributed by atoms with Gasteiger partial charge in [-0.15, -0.1) is 0 Å². The predicted octanol–water partition coefficient (Wildman–Crippen LogP) is 4.25. The van der Waals surface area contributed by atoms with Crippen LogP contribution in [0.5, 0.6) is 0 Å². The molecule has 2 rings (SSSR count). The molecule has 4 nitrogen and oxygen atoms in total. The Bertz CT molecular complexity index is 647. The van der Waals surface area contributed by atoms with Gasteiger partial charge < -0.3 is 10.4 Å². The van der Waals surface area contributed by atoms with Gasteiger partial charge in [-0.05, 0) is 36.8 Å². The van der Waals surface area contributed by atoms with E-state index in [1.807, 2.05) is 25.1 Å². The fraction of sp³-hybridized carbons (Fsp3) is 0.0769. The molecular weight excluding hydrogens is 332 g/mol. The van der Waals surface area contributed by atoms with Gasteiger partial charge >= 0.3 is 5.97 Å². The minimum absolute atomic E-state index is 0.0927. The van der Waals surface area contributed by atoms with Crippen LogP contribution in [0.3, 0.4) is 0 Å². The molecule has 0 saturated heterocycles. The maximum Gasteiger partial charge on any atom is 0.335 e. The van der Waals surface area contributed by atoms with Gasteiger partial charge in [0.25, 0.3) is 0 Å². The number of nitrogens with zero attached hydrogens (tertiary/aromatic N) is 1. The van der Waals surface area contributed by atoms with Gasteiger partial charge in [0.15, 0.2) is 0 Å². The fourth-order valence-electron chi connectivity index (χ4n) is 1.57. The number of benzene rings is 1. The topological polar surface area (TPSA) is 62.2 Å². The van der Waals surface area contributed by atoms with Crippen molar-refractivity contribution in [2.24, 2.45) is 0 Å². The Kier molecular flexibility index (Phi) is 4.07. The molecule has 2 N–H and O–H groups in total. The van der Waals surface area contributed by atoms with Gasteiger partial charge in [-0.1, -0.05) is 33.6 Å². The Hall–Kier alpha value is -1.59. The third kappa shape index (κ3) is 3.24. The van der Waals surface area contributed by atoms with Gasteiger partial charge in [0, 0.05) is 10.2 Å². The highest BCUT2D eigenvalue weighted by Gasteiger charge is 2.09. The number of anilines is 2. The van der Waals surface area contributed by atoms with E-state index < -0.39 is 5.97 Å². The molecule has 0 bridgehead atoms. The summed E-state index contributed by atoms with van der Waals surface area (Å²) in [6, 6.07) is 8.43. The molecule has 0 aliphatic heterocycles. The number of aromatic carboxylic acids is 1. The highest BCUT2D eigenvalue weighted by Crippen LogP contribution is 2.26. The van der Waals surface area contributed by atoms with Gasteiger partial charge in [-0.25, -0.2) is 9.78 Å². The van der Waals surface area contributed by atoms with Crippen molar-refractivity contribution in [3.63, 3.8) is 0 Å². The van der Waals surface area contributed by atoms with Gasteiger partial charge in [0.1, 0.15) is 11.0 Å². The van der Waals surface area contributed by atoms with E-state index in [9.17, 15) is 4.79 Å². The first kappa shape index (κ1) is 13.8. The van der Waals surface area contributed by atoms with E-state index in [1.54, 1.807) is 0 Å². The van der Waals surface area contributed by atoms with Gasteiger partial charge in [0.2, 0.25) is 0 Å². The average molecular weight is 342 g/mol. The quantitative estimate of drug-likeness (QED) is 0.819. The maximum absolute atomic E-state index is 11.0. The fourth-order valence-corrected chi connectivity index (χ4v) is 2.14. The van der Waals surface area contributed by atoms with Gasteiger partial charge in [-0.3, -0.25) is 0 Å². The summed E-state index contributed by atoms with van der Waals surface area (Å²) in [6.45, 7) is 1.94. The lowest BCUT2D eigenvalue weighted by atomic mass is 10.2. The Morgan fingerprint density at radius 1 is 1.42 bits per heavy atom. The number of halogens is 2. The van der Waals surface area contributed by atoms with Crippen LogP contribution in [0.15, 0.2) is 34.8 Å². The van der Waals surface area contributed by atoms with E-state index in [0.29, 0.717) is 5.82 Å². The van der Waals surface area contributed by atoms with Crippen molar-refractivity contribution in [3.8, 4) is 0 Å². The van der Waals surface area contributed by atoms with Crippen LogP contribution >= 0.6 is 27.5 Å². The molecule has 1 aromatic heterocycles. The number of hydrogen-bond donors (Lipinski definition) is 2. The normalized spacial score (nSPS) is 10.3. The van der Waals surface area contributed by atoms with Crippen molar-refractivity contribution in [1.82, 2.24) is 4.98 Å². The summed E-state index contributed by atoms with van der Waals surface area (Å²) in [7, 11) is 0. The van der Waals surface area contributed by atoms with Gasteiger partial charge in [0.05, 0.1) is 5.56 Å². The van der Waals surface area contributed by atoms with Crippen LogP contribution in [-0.2, 0) is 0 Å². The summed E-state index contributed by atoms with van der Waals surface area (Å²) in [5, 5.41) is 12.2. The summed E-state index contributed by atoms with van der Waals surface area (Å²) < 4.78 is 0.956. The molecule has 0 aliphatic rings. The Morgan fingerprint density at radius 3 is 2.84 bits per heavy atom. The number of rotatable bonds is 3. The zero-order valence-corrected chi connectivity index (χ0v) is 12.3. The SMILES string of the molecule is Cc1c(Br)cccc1Nc1cc(C(=O)O)cc(Cl)n1. The lowest BCUT2D eigenvalue weighted by Gasteiger charge is -2.10. The molecule has 0 atom stereocenters. The molecule has 19 heavy (non-hydrogen) atoms. The predicted molar refractivity (Wildman–Crippen MR) is 78.4 cm³/mol. The van der Waals surface area contributed by atoms with Gasteiger partial charge in [-0.2, -0.15) is 0 Å². The monoisotopic (exact) mass is 340 g/mol. The molecule has 0 aliphatic carbocycles. The lowest BCUT2D eigenvalue weighted by molar-refractivity contribution is 0.0697. The molecule has 0 spiro atoms. The molecule has 1 heterocycles. The number of nitrogens with one attached hydrogen (secondary N) is 1. The second-order valence-electron chi connectivity index (χ2n) is 3.91. The summed E-state index contributed by atoms with van der Waals surface area (Å²) in [6.07, 6.45) is 0. The van der Waals surface area contributed by atoms with Crippen molar-refractivity contribution >= 4 is 45.0 Å². The molecule has 0 saturated carbocycles. The number of carboxylic acid groups (broad SMARTS) is 1. The van der Waals surface area contributed by atoms with E-state index in [1.165, 1.54) is 12.1 Å². The Labute approximate surface area is 123 Å². The zero-order chi connectivity index (χ0) is 14.0. The standard InChI is InChI=1S/C13H10BrClN2O2/c1-7-9(14)3-2-4-10(7)16-12-6-8(13(18)19)5-11(15)17-12/h2-6H,1H3,(H,16,17)(H,18,19). The largest absolute Gasteiger partial charge is 0.478 e. The highest BCUT2D eigenvalue weighted by atomic mass is 79.9. The zero-order valence-electron chi connectivity index (χ0n) is 9.95. The van der Waals surface area contributed by atoms with Crippen molar-refractivity contribution in [3.05, 3.63) is 51.1 Å². The molecule has 0 unspecified atom stereocenters. The highest BCUT2D eigenvalue weighted by molar-refractivity contribution is 9.10.